The van der Waals surface area contributed by atoms with E-state index >= 15 is 0 Å². The van der Waals surface area contributed by atoms with E-state index in [0.717, 1.165) is 0 Å². The molecule has 0 saturated carbocycles. The van der Waals surface area contributed by atoms with E-state index in [1.807, 2.05) is 13.8 Å². The highest BCUT2D eigenvalue weighted by atomic mass is 35.7. The molecule has 0 spiro atoms. The monoisotopic (exact) mass is 324 g/mol. The van der Waals surface area contributed by atoms with Crippen molar-refractivity contribution in [2.45, 2.75) is 38.1 Å². The smallest absolute Gasteiger partial charge is 0.264 e. The van der Waals surface area contributed by atoms with Crippen molar-refractivity contribution in [2.75, 3.05) is 26.9 Å². The van der Waals surface area contributed by atoms with Crippen molar-refractivity contribution in [1.82, 2.24) is 9.78 Å². The fraction of sp³-hybridized carbons (Fsp3) is 0.750. The number of hydrogen-bond acceptors (Lipinski definition) is 5. The van der Waals surface area contributed by atoms with Crippen molar-refractivity contribution in [2.24, 2.45) is 0 Å². The molecule has 0 aliphatic carbocycles. The van der Waals surface area contributed by atoms with Gasteiger partial charge in [-0.15, -0.1) is 0 Å². The molecule has 0 radical (unpaired) electrons. The SMILES string of the molecule is CCc1nn(CCOCCOC)c(CC)c1S(=O)(=O)Cl. The first-order valence-electron chi connectivity index (χ1n) is 6.55. The van der Waals surface area contributed by atoms with Gasteiger partial charge in [-0.1, -0.05) is 13.8 Å². The summed E-state index contributed by atoms with van der Waals surface area (Å²) in [6, 6.07) is 0. The molecule has 0 bridgehead atoms. The Morgan fingerprint density at radius 3 is 2.40 bits per heavy atom. The minimum Gasteiger partial charge on any atom is -0.382 e. The number of ether oxygens (including phenoxy) is 2. The van der Waals surface area contributed by atoms with Crippen molar-refractivity contribution < 1.29 is 17.9 Å². The molecule has 8 heteroatoms. The number of hydrogen-bond donors (Lipinski definition) is 0. The van der Waals surface area contributed by atoms with Crippen molar-refractivity contribution in [1.29, 1.82) is 0 Å². The molecule has 20 heavy (non-hydrogen) atoms. The second kappa shape index (κ2) is 7.97. The summed E-state index contributed by atoms with van der Waals surface area (Å²) in [7, 11) is 3.34. The molecule has 0 fully saturated rings. The Bertz CT molecular complexity index is 528. The van der Waals surface area contributed by atoms with Crippen LogP contribution >= 0.6 is 10.7 Å². The Balaban J connectivity index is 2.89. The fourth-order valence-corrected chi connectivity index (χ4v) is 3.50. The molecular weight excluding hydrogens is 304 g/mol. The second-order valence-electron chi connectivity index (χ2n) is 4.20. The molecule has 1 heterocycles. The van der Waals surface area contributed by atoms with Crippen LogP contribution in [0, 0.1) is 0 Å². The van der Waals surface area contributed by atoms with Crippen LogP contribution in [-0.2, 0) is 37.9 Å². The highest BCUT2D eigenvalue weighted by Gasteiger charge is 2.25. The Kier molecular flexibility index (Phi) is 6.94. The van der Waals surface area contributed by atoms with Gasteiger partial charge in [0.15, 0.2) is 0 Å². The zero-order valence-electron chi connectivity index (χ0n) is 12.1. The molecule has 6 nitrogen and oxygen atoms in total. The maximum absolute atomic E-state index is 11.7. The predicted molar refractivity (Wildman–Crippen MR) is 76.7 cm³/mol. The average Bonchev–Trinajstić information content (AvgIpc) is 2.76. The topological polar surface area (TPSA) is 70.4 Å². The Hall–Kier alpha value is -0.630. The van der Waals surface area contributed by atoms with Gasteiger partial charge in [0.2, 0.25) is 0 Å². The predicted octanol–water partition coefficient (Wildman–Crippen LogP) is 1.60. The van der Waals surface area contributed by atoms with Crippen LogP contribution in [-0.4, -0.2) is 45.1 Å². The Morgan fingerprint density at radius 1 is 1.20 bits per heavy atom. The van der Waals surface area contributed by atoms with Crippen molar-refractivity contribution >= 4 is 19.7 Å². The summed E-state index contributed by atoms with van der Waals surface area (Å²) in [5.74, 6) is 0. The number of rotatable bonds is 9. The minimum absolute atomic E-state index is 0.154. The summed E-state index contributed by atoms with van der Waals surface area (Å²) < 4.78 is 35.3. The van der Waals surface area contributed by atoms with Crippen LogP contribution in [0.15, 0.2) is 4.90 Å². The normalized spacial score (nSPS) is 12.0. The van der Waals surface area contributed by atoms with E-state index in [9.17, 15) is 8.42 Å². The highest BCUT2D eigenvalue weighted by Crippen LogP contribution is 2.25. The number of halogens is 1. The number of nitrogens with zero attached hydrogens (tertiary/aromatic N) is 2. The first-order valence-corrected chi connectivity index (χ1v) is 8.86. The van der Waals surface area contributed by atoms with Crippen LogP contribution in [0.2, 0.25) is 0 Å². The van der Waals surface area contributed by atoms with E-state index < -0.39 is 9.05 Å². The number of methoxy groups -OCH3 is 1. The van der Waals surface area contributed by atoms with E-state index in [4.69, 9.17) is 20.2 Å². The van der Waals surface area contributed by atoms with Crippen molar-refractivity contribution in [3.8, 4) is 0 Å². The third kappa shape index (κ3) is 4.44. The Morgan fingerprint density at radius 2 is 1.90 bits per heavy atom. The van der Waals surface area contributed by atoms with E-state index in [1.165, 1.54) is 0 Å². The minimum atomic E-state index is -3.78. The number of aryl methyl sites for hydroxylation is 1. The van der Waals surface area contributed by atoms with E-state index in [-0.39, 0.29) is 4.90 Å². The van der Waals surface area contributed by atoms with Crippen LogP contribution in [0.3, 0.4) is 0 Å². The standard InChI is InChI=1S/C12H21ClN2O4S/c1-4-10-12(20(13,16)17)11(5-2)15(14-10)6-7-19-9-8-18-3/h4-9H2,1-3H3. The number of aromatic nitrogens is 2. The van der Waals surface area contributed by atoms with Gasteiger partial charge in [-0.05, 0) is 12.8 Å². The lowest BCUT2D eigenvalue weighted by Crippen LogP contribution is -2.13. The summed E-state index contributed by atoms with van der Waals surface area (Å²) in [5, 5.41) is 4.33. The summed E-state index contributed by atoms with van der Waals surface area (Å²) in [5.41, 5.74) is 1.14. The van der Waals surface area contributed by atoms with Gasteiger partial charge in [-0.3, -0.25) is 4.68 Å². The zero-order chi connectivity index (χ0) is 15.2. The lowest BCUT2D eigenvalue weighted by molar-refractivity contribution is 0.0650. The van der Waals surface area contributed by atoms with Gasteiger partial charge in [0.1, 0.15) is 4.90 Å². The van der Waals surface area contributed by atoms with E-state index in [1.54, 1.807) is 11.8 Å². The summed E-state index contributed by atoms with van der Waals surface area (Å²) >= 11 is 0. The van der Waals surface area contributed by atoms with Crippen LogP contribution in [0.25, 0.3) is 0 Å². The third-order valence-electron chi connectivity index (χ3n) is 2.87. The highest BCUT2D eigenvalue weighted by molar-refractivity contribution is 8.13. The lowest BCUT2D eigenvalue weighted by atomic mass is 10.2. The maximum atomic E-state index is 11.7. The second-order valence-corrected chi connectivity index (χ2v) is 6.70. The van der Waals surface area contributed by atoms with Crippen molar-refractivity contribution in [3.05, 3.63) is 11.4 Å². The molecule has 1 aromatic rings. The molecule has 0 aliphatic rings. The molecule has 1 rings (SSSR count). The molecule has 0 aliphatic heterocycles. The van der Waals surface area contributed by atoms with Crippen LogP contribution in [0.1, 0.15) is 25.2 Å². The molecule has 0 aromatic carbocycles. The van der Waals surface area contributed by atoms with Crippen molar-refractivity contribution in [3.63, 3.8) is 0 Å². The molecule has 0 N–H and O–H groups in total. The first-order chi connectivity index (χ1) is 9.45. The van der Waals surface area contributed by atoms with Crippen LogP contribution in [0.5, 0.6) is 0 Å². The fourth-order valence-electron chi connectivity index (χ4n) is 1.97. The van der Waals surface area contributed by atoms with Gasteiger partial charge in [0.25, 0.3) is 9.05 Å². The Labute approximate surface area is 124 Å². The molecule has 1 aromatic heterocycles. The molecule has 116 valence electrons. The molecule has 0 unspecified atom stereocenters. The van der Waals surface area contributed by atoms with Gasteiger partial charge in [0, 0.05) is 17.8 Å². The van der Waals surface area contributed by atoms with Crippen LogP contribution < -0.4 is 0 Å². The van der Waals surface area contributed by atoms with E-state index in [2.05, 4.69) is 5.10 Å². The first kappa shape index (κ1) is 17.4. The van der Waals surface area contributed by atoms with Gasteiger partial charge < -0.3 is 9.47 Å². The summed E-state index contributed by atoms with van der Waals surface area (Å²) in [6.07, 6.45) is 1.07. The van der Waals surface area contributed by atoms with Gasteiger partial charge in [-0.25, -0.2) is 8.42 Å². The van der Waals surface area contributed by atoms with Gasteiger partial charge >= 0.3 is 0 Å². The van der Waals surface area contributed by atoms with Gasteiger partial charge in [0.05, 0.1) is 37.8 Å². The molecule has 0 amide bonds. The largest absolute Gasteiger partial charge is 0.382 e. The van der Waals surface area contributed by atoms with Crippen LogP contribution in [0.4, 0.5) is 0 Å². The van der Waals surface area contributed by atoms with E-state index in [0.29, 0.717) is 50.6 Å². The molecule has 0 saturated heterocycles. The molecule has 0 atom stereocenters. The zero-order valence-corrected chi connectivity index (χ0v) is 13.6. The third-order valence-corrected chi connectivity index (χ3v) is 4.29. The summed E-state index contributed by atoms with van der Waals surface area (Å²) in [6.45, 7) is 5.70. The molecular formula is C12H21ClN2O4S. The lowest BCUT2D eigenvalue weighted by Gasteiger charge is -2.07. The average molecular weight is 325 g/mol. The summed E-state index contributed by atoms with van der Waals surface area (Å²) in [4.78, 5) is 0.154. The quantitative estimate of drug-likeness (QED) is 0.509. The maximum Gasteiger partial charge on any atom is 0.264 e. The van der Waals surface area contributed by atoms with Gasteiger partial charge in [-0.2, -0.15) is 5.10 Å².